The molecule has 4 heteroatoms. The third kappa shape index (κ3) is 5.96. The van der Waals surface area contributed by atoms with Crippen molar-refractivity contribution in [3.8, 4) is 5.75 Å². The average Bonchev–Trinajstić information content (AvgIpc) is 2.38. The molecule has 1 aromatic carbocycles. The zero-order chi connectivity index (χ0) is 13.2. The van der Waals surface area contributed by atoms with Gasteiger partial charge in [-0.15, -0.1) is 0 Å². The van der Waals surface area contributed by atoms with Crippen LogP contribution < -0.4 is 4.74 Å². The van der Waals surface area contributed by atoms with Gasteiger partial charge in [0.15, 0.2) is 0 Å². The van der Waals surface area contributed by atoms with E-state index in [1.807, 2.05) is 11.8 Å². The maximum Gasteiger partial charge on any atom is 0.335 e. The van der Waals surface area contributed by atoms with E-state index < -0.39 is 5.97 Å². The normalized spacial score (nSPS) is 10.3. The Kier molecular flexibility index (Phi) is 7.34. The van der Waals surface area contributed by atoms with Gasteiger partial charge in [-0.25, -0.2) is 4.79 Å². The summed E-state index contributed by atoms with van der Waals surface area (Å²) in [6, 6.07) is 6.61. The fourth-order valence-corrected chi connectivity index (χ4v) is 2.31. The van der Waals surface area contributed by atoms with Gasteiger partial charge in [0.25, 0.3) is 0 Å². The molecule has 1 rings (SSSR count). The smallest absolute Gasteiger partial charge is 0.335 e. The number of hydrogen-bond acceptors (Lipinski definition) is 3. The Balaban J connectivity index is 2.19. The first-order chi connectivity index (χ1) is 8.74. The Morgan fingerprint density at radius 3 is 2.89 bits per heavy atom. The molecular weight excluding hydrogens is 248 g/mol. The van der Waals surface area contributed by atoms with Crippen LogP contribution in [0.4, 0.5) is 0 Å². The zero-order valence-electron chi connectivity index (χ0n) is 10.7. The van der Waals surface area contributed by atoms with Gasteiger partial charge in [-0.05, 0) is 30.4 Å². The van der Waals surface area contributed by atoms with Crippen LogP contribution in [0, 0.1) is 0 Å². The van der Waals surface area contributed by atoms with Gasteiger partial charge in [-0.3, -0.25) is 0 Å². The van der Waals surface area contributed by atoms with Crippen molar-refractivity contribution in [2.24, 2.45) is 0 Å². The quantitative estimate of drug-likeness (QED) is 0.694. The number of carbonyl (C=O) groups is 1. The lowest BCUT2D eigenvalue weighted by Gasteiger charge is -2.06. The fourth-order valence-electron chi connectivity index (χ4n) is 1.49. The second-order valence-electron chi connectivity index (χ2n) is 4.00. The molecule has 0 radical (unpaired) electrons. The minimum atomic E-state index is -0.922. The molecule has 0 amide bonds. The van der Waals surface area contributed by atoms with Crippen molar-refractivity contribution < 1.29 is 14.6 Å². The summed E-state index contributed by atoms with van der Waals surface area (Å²) in [4.78, 5) is 10.8. The first-order valence-electron chi connectivity index (χ1n) is 6.28. The van der Waals surface area contributed by atoms with E-state index in [1.54, 1.807) is 24.3 Å². The Bertz CT molecular complexity index is 366. The minimum absolute atomic E-state index is 0.267. The molecule has 0 saturated heterocycles. The van der Waals surface area contributed by atoms with E-state index in [-0.39, 0.29) is 5.56 Å². The van der Waals surface area contributed by atoms with E-state index in [1.165, 1.54) is 25.0 Å². The second kappa shape index (κ2) is 8.86. The second-order valence-corrected chi connectivity index (χ2v) is 5.23. The molecule has 0 fully saturated rings. The van der Waals surface area contributed by atoms with E-state index in [9.17, 15) is 4.79 Å². The van der Waals surface area contributed by atoms with Crippen LogP contribution in [0.5, 0.6) is 5.75 Å². The van der Waals surface area contributed by atoms with Crippen LogP contribution in [0.2, 0.25) is 0 Å². The predicted molar refractivity (Wildman–Crippen MR) is 75.7 cm³/mol. The van der Waals surface area contributed by atoms with Crippen molar-refractivity contribution in [2.45, 2.75) is 26.2 Å². The lowest BCUT2D eigenvalue weighted by molar-refractivity contribution is 0.0696. The molecule has 0 spiro atoms. The lowest BCUT2D eigenvalue weighted by Crippen LogP contribution is -2.02. The SMILES string of the molecule is CCCCCSCCOc1cccc(C(=O)O)c1. The van der Waals surface area contributed by atoms with Gasteiger partial charge in [0, 0.05) is 5.75 Å². The minimum Gasteiger partial charge on any atom is -0.493 e. The summed E-state index contributed by atoms with van der Waals surface area (Å²) in [5.74, 6) is 1.83. The Morgan fingerprint density at radius 1 is 1.33 bits per heavy atom. The third-order valence-electron chi connectivity index (χ3n) is 2.47. The van der Waals surface area contributed by atoms with Crippen molar-refractivity contribution in [3.05, 3.63) is 29.8 Å². The van der Waals surface area contributed by atoms with Crippen molar-refractivity contribution in [1.29, 1.82) is 0 Å². The van der Waals surface area contributed by atoms with E-state index in [0.29, 0.717) is 12.4 Å². The summed E-state index contributed by atoms with van der Waals surface area (Å²) in [5, 5.41) is 8.84. The number of rotatable bonds is 9. The molecule has 0 aromatic heterocycles. The molecule has 1 N–H and O–H groups in total. The van der Waals surface area contributed by atoms with Crippen LogP contribution in [0.1, 0.15) is 36.5 Å². The largest absolute Gasteiger partial charge is 0.493 e. The summed E-state index contributed by atoms with van der Waals surface area (Å²) in [5.41, 5.74) is 0.267. The number of aromatic carboxylic acids is 1. The molecule has 0 aliphatic rings. The van der Waals surface area contributed by atoms with Crippen LogP contribution in [-0.2, 0) is 0 Å². The van der Waals surface area contributed by atoms with E-state index >= 15 is 0 Å². The monoisotopic (exact) mass is 268 g/mol. The van der Waals surface area contributed by atoms with Crippen LogP contribution in [-0.4, -0.2) is 29.2 Å². The maximum atomic E-state index is 10.8. The summed E-state index contributed by atoms with van der Waals surface area (Å²) in [6.45, 7) is 2.82. The highest BCUT2D eigenvalue weighted by atomic mass is 32.2. The molecule has 18 heavy (non-hydrogen) atoms. The van der Waals surface area contributed by atoms with Gasteiger partial charge in [0.05, 0.1) is 12.2 Å². The topological polar surface area (TPSA) is 46.5 Å². The molecule has 0 saturated carbocycles. The van der Waals surface area contributed by atoms with Crippen molar-refractivity contribution in [2.75, 3.05) is 18.1 Å². The van der Waals surface area contributed by atoms with Crippen LogP contribution >= 0.6 is 11.8 Å². The van der Waals surface area contributed by atoms with Crippen molar-refractivity contribution >= 4 is 17.7 Å². The number of carboxylic acids is 1. The Labute approximate surface area is 113 Å². The van der Waals surface area contributed by atoms with E-state index in [2.05, 4.69) is 6.92 Å². The standard InChI is InChI=1S/C14H20O3S/c1-2-3-4-9-18-10-8-17-13-7-5-6-12(11-13)14(15)16/h5-7,11H,2-4,8-10H2,1H3,(H,15,16). The van der Waals surface area contributed by atoms with Gasteiger partial charge in [0.2, 0.25) is 0 Å². The lowest BCUT2D eigenvalue weighted by atomic mass is 10.2. The molecule has 1 aromatic rings. The molecule has 100 valence electrons. The highest BCUT2D eigenvalue weighted by Crippen LogP contribution is 2.14. The number of ether oxygens (including phenoxy) is 1. The van der Waals surface area contributed by atoms with E-state index in [0.717, 1.165) is 5.75 Å². The van der Waals surface area contributed by atoms with Gasteiger partial charge in [-0.2, -0.15) is 11.8 Å². The summed E-state index contributed by atoms with van der Waals surface area (Å²) < 4.78 is 5.52. The van der Waals surface area contributed by atoms with Crippen LogP contribution in [0.15, 0.2) is 24.3 Å². The summed E-state index contributed by atoms with van der Waals surface area (Å²) in [6.07, 6.45) is 3.79. The maximum absolute atomic E-state index is 10.8. The van der Waals surface area contributed by atoms with Crippen LogP contribution in [0.3, 0.4) is 0 Å². The molecule has 0 heterocycles. The fraction of sp³-hybridized carbons (Fsp3) is 0.500. The highest BCUT2D eigenvalue weighted by molar-refractivity contribution is 7.99. The molecular formula is C14H20O3S. The Hall–Kier alpha value is -1.16. The molecule has 0 unspecified atom stereocenters. The van der Waals surface area contributed by atoms with Crippen molar-refractivity contribution in [1.82, 2.24) is 0 Å². The highest BCUT2D eigenvalue weighted by Gasteiger charge is 2.03. The molecule has 0 bridgehead atoms. The number of thioether (sulfide) groups is 1. The Morgan fingerprint density at radius 2 is 2.17 bits per heavy atom. The first-order valence-corrected chi connectivity index (χ1v) is 7.43. The van der Waals surface area contributed by atoms with Gasteiger partial charge < -0.3 is 9.84 Å². The predicted octanol–water partition coefficient (Wildman–Crippen LogP) is 3.69. The van der Waals surface area contributed by atoms with E-state index in [4.69, 9.17) is 9.84 Å². The number of hydrogen-bond donors (Lipinski definition) is 1. The van der Waals surface area contributed by atoms with Gasteiger partial charge >= 0.3 is 5.97 Å². The number of unbranched alkanes of at least 4 members (excludes halogenated alkanes) is 2. The molecule has 0 aliphatic heterocycles. The van der Waals surface area contributed by atoms with Crippen LogP contribution in [0.25, 0.3) is 0 Å². The zero-order valence-corrected chi connectivity index (χ0v) is 11.5. The first kappa shape index (κ1) is 14.9. The molecule has 0 atom stereocenters. The van der Waals surface area contributed by atoms with Crippen molar-refractivity contribution in [3.63, 3.8) is 0 Å². The molecule has 0 aliphatic carbocycles. The summed E-state index contributed by atoms with van der Waals surface area (Å²) in [7, 11) is 0. The molecule has 3 nitrogen and oxygen atoms in total. The summed E-state index contributed by atoms with van der Waals surface area (Å²) >= 11 is 1.88. The van der Waals surface area contributed by atoms with Gasteiger partial charge in [-0.1, -0.05) is 25.8 Å². The average molecular weight is 268 g/mol. The number of benzene rings is 1. The third-order valence-corrected chi connectivity index (χ3v) is 3.50. The van der Waals surface area contributed by atoms with Gasteiger partial charge in [0.1, 0.15) is 5.75 Å². The number of carboxylic acid groups (broad SMARTS) is 1.